The topological polar surface area (TPSA) is 94.2 Å². The van der Waals surface area contributed by atoms with E-state index in [1.54, 1.807) is 31.2 Å². The first kappa shape index (κ1) is 23.9. The Morgan fingerprint density at radius 2 is 1.97 bits per heavy atom. The lowest BCUT2D eigenvalue weighted by atomic mass is 9.99. The average molecular weight is 452 g/mol. The molecule has 0 aliphatic carbocycles. The van der Waals surface area contributed by atoms with Crippen molar-refractivity contribution in [2.45, 2.75) is 52.1 Å². The fourth-order valence-corrected chi connectivity index (χ4v) is 5.46. The standard InChI is InChI=1S/C22H33N2O6P/c1-4-17(5-2)14-28-22(26)16(3)23-31(27,30-19-9-7-6-8-10-19)29-15-20-21(25)18-11-12-24(20)13-18/h6-10,16-18,20H,4-5,11-15H2,1-3H3,(H,23,27)/t16-,18?,20?,31?/m0/s1. The number of carbonyl (C=O) groups is 2. The molecule has 0 spiro atoms. The molecular weight excluding hydrogens is 419 g/mol. The van der Waals surface area contributed by atoms with Gasteiger partial charge in [0.15, 0.2) is 5.78 Å². The van der Waals surface area contributed by atoms with Crippen molar-refractivity contribution < 1.29 is 27.9 Å². The summed E-state index contributed by atoms with van der Waals surface area (Å²) in [5.41, 5.74) is 0. The van der Waals surface area contributed by atoms with Crippen molar-refractivity contribution in [1.82, 2.24) is 9.99 Å². The van der Waals surface area contributed by atoms with Crippen LogP contribution in [-0.4, -0.2) is 55.0 Å². The third kappa shape index (κ3) is 6.16. The number of nitrogens with zero attached hydrogens (tertiary/aromatic N) is 1. The molecule has 9 heteroatoms. The molecule has 0 radical (unpaired) electrons. The molecule has 5 atom stereocenters. The first-order valence-electron chi connectivity index (χ1n) is 11.1. The highest BCUT2D eigenvalue weighted by atomic mass is 31.2. The molecule has 2 aliphatic heterocycles. The predicted molar refractivity (Wildman–Crippen MR) is 117 cm³/mol. The van der Waals surface area contributed by atoms with Gasteiger partial charge in [-0.15, -0.1) is 0 Å². The number of esters is 1. The maximum Gasteiger partial charge on any atom is 0.459 e. The molecular formula is C22H33N2O6P. The van der Waals surface area contributed by atoms with Crippen LogP contribution in [0.1, 0.15) is 40.0 Å². The van der Waals surface area contributed by atoms with Crippen LogP contribution < -0.4 is 9.61 Å². The summed E-state index contributed by atoms with van der Waals surface area (Å²) in [5, 5.41) is 2.69. The third-order valence-corrected chi connectivity index (χ3v) is 7.73. The molecule has 2 aliphatic rings. The zero-order chi connectivity index (χ0) is 22.4. The van der Waals surface area contributed by atoms with Gasteiger partial charge in [0.2, 0.25) is 0 Å². The Kier molecular flexibility index (Phi) is 8.28. The van der Waals surface area contributed by atoms with Crippen LogP contribution >= 0.6 is 7.75 Å². The molecule has 1 aromatic rings. The monoisotopic (exact) mass is 452 g/mol. The number of piperidine rings is 1. The SMILES string of the molecule is CCC(CC)COC(=O)[C@H](C)NP(=O)(OCC1C(=O)C2CCN1C2)Oc1ccccc1. The first-order chi connectivity index (χ1) is 14.8. The number of nitrogens with one attached hydrogen (secondary N) is 1. The van der Waals surface area contributed by atoms with Crippen molar-refractivity contribution in [3.63, 3.8) is 0 Å². The van der Waals surface area contributed by atoms with Crippen LogP contribution in [0.25, 0.3) is 0 Å². The molecule has 3 rings (SSSR count). The Morgan fingerprint density at radius 1 is 1.26 bits per heavy atom. The van der Waals surface area contributed by atoms with Crippen LogP contribution in [0.5, 0.6) is 5.75 Å². The number of benzene rings is 1. The number of ether oxygens (including phenoxy) is 1. The Labute approximate surface area is 184 Å². The maximum atomic E-state index is 13.5. The van der Waals surface area contributed by atoms with Gasteiger partial charge in [0.05, 0.1) is 19.3 Å². The van der Waals surface area contributed by atoms with Gasteiger partial charge in [0.25, 0.3) is 0 Å². The fraction of sp³-hybridized carbons (Fsp3) is 0.636. The van der Waals surface area contributed by atoms with Gasteiger partial charge in [-0.3, -0.25) is 19.0 Å². The van der Waals surface area contributed by atoms with Crippen molar-refractivity contribution in [2.24, 2.45) is 11.8 Å². The second kappa shape index (κ2) is 10.7. The number of ketones is 1. The van der Waals surface area contributed by atoms with E-state index >= 15 is 0 Å². The number of fused-ring (bicyclic) bond motifs is 2. The molecule has 31 heavy (non-hydrogen) atoms. The lowest BCUT2D eigenvalue weighted by molar-refractivity contribution is -0.146. The van der Waals surface area contributed by atoms with E-state index in [0.29, 0.717) is 12.4 Å². The molecule has 2 fully saturated rings. The van der Waals surface area contributed by atoms with E-state index in [1.807, 2.05) is 24.8 Å². The van der Waals surface area contributed by atoms with E-state index in [4.69, 9.17) is 13.8 Å². The summed E-state index contributed by atoms with van der Waals surface area (Å²) < 4.78 is 30.2. The molecule has 172 valence electrons. The van der Waals surface area contributed by atoms with E-state index < -0.39 is 25.8 Å². The van der Waals surface area contributed by atoms with Gasteiger partial charge in [-0.05, 0) is 37.9 Å². The zero-order valence-corrected chi connectivity index (χ0v) is 19.4. The van der Waals surface area contributed by atoms with Crippen LogP contribution in [0.4, 0.5) is 0 Å². The zero-order valence-electron chi connectivity index (χ0n) is 18.5. The van der Waals surface area contributed by atoms with Gasteiger partial charge in [-0.1, -0.05) is 44.9 Å². The minimum atomic E-state index is -3.94. The van der Waals surface area contributed by atoms with Gasteiger partial charge < -0.3 is 9.26 Å². The van der Waals surface area contributed by atoms with E-state index in [9.17, 15) is 14.2 Å². The predicted octanol–water partition coefficient (Wildman–Crippen LogP) is 3.42. The van der Waals surface area contributed by atoms with Crippen LogP contribution in [0.2, 0.25) is 0 Å². The molecule has 1 N–H and O–H groups in total. The second-order valence-corrected chi connectivity index (χ2v) is 9.95. The summed E-state index contributed by atoms with van der Waals surface area (Å²) in [4.78, 5) is 26.9. The minimum absolute atomic E-state index is 0.0370. The minimum Gasteiger partial charge on any atom is -0.464 e. The van der Waals surface area contributed by atoms with Crippen molar-refractivity contribution in [3.8, 4) is 5.75 Å². The first-order valence-corrected chi connectivity index (χ1v) is 12.6. The highest BCUT2D eigenvalue weighted by Gasteiger charge is 2.46. The Bertz CT molecular complexity index is 800. The average Bonchev–Trinajstić information content (AvgIpc) is 3.35. The summed E-state index contributed by atoms with van der Waals surface area (Å²) in [7, 11) is -3.94. The molecule has 2 bridgehead atoms. The van der Waals surface area contributed by atoms with Crippen molar-refractivity contribution >= 4 is 19.5 Å². The molecule has 8 nitrogen and oxygen atoms in total. The Balaban J connectivity index is 1.64. The number of rotatable bonds is 12. The maximum absolute atomic E-state index is 13.5. The lowest BCUT2D eigenvalue weighted by Crippen LogP contribution is -2.41. The summed E-state index contributed by atoms with van der Waals surface area (Å²) >= 11 is 0. The van der Waals surface area contributed by atoms with Gasteiger partial charge in [0.1, 0.15) is 11.8 Å². The van der Waals surface area contributed by atoms with E-state index in [-0.39, 0.29) is 24.2 Å². The highest BCUT2D eigenvalue weighted by Crippen LogP contribution is 2.46. The molecule has 4 unspecified atom stereocenters. The number of hydrogen-bond acceptors (Lipinski definition) is 7. The second-order valence-electron chi connectivity index (χ2n) is 8.26. The van der Waals surface area contributed by atoms with Crippen LogP contribution in [0, 0.1) is 11.8 Å². The van der Waals surface area contributed by atoms with Gasteiger partial charge in [0, 0.05) is 12.5 Å². The lowest BCUT2D eigenvalue weighted by Gasteiger charge is -2.27. The van der Waals surface area contributed by atoms with E-state index in [2.05, 4.69) is 5.09 Å². The smallest absolute Gasteiger partial charge is 0.459 e. The fourth-order valence-electron chi connectivity index (χ4n) is 3.96. The number of para-hydroxylation sites is 1. The third-order valence-electron chi connectivity index (χ3n) is 6.08. The van der Waals surface area contributed by atoms with Crippen LogP contribution in [-0.2, 0) is 23.4 Å². The quantitative estimate of drug-likeness (QED) is 0.381. The molecule has 0 saturated carbocycles. The van der Waals surface area contributed by atoms with Gasteiger partial charge >= 0.3 is 13.7 Å². The number of carbonyl (C=O) groups excluding carboxylic acids is 2. The summed E-state index contributed by atoms with van der Waals surface area (Å²) in [6.07, 6.45) is 2.69. The van der Waals surface area contributed by atoms with Gasteiger partial charge in [-0.25, -0.2) is 4.57 Å². The summed E-state index contributed by atoms with van der Waals surface area (Å²) in [6, 6.07) is 7.28. The molecule has 0 aromatic heterocycles. The van der Waals surface area contributed by atoms with Crippen LogP contribution in [0.3, 0.4) is 0 Å². The normalized spacial score (nSPS) is 25.4. The summed E-state index contributed by atoms with van der Waals surface area (Å²) in [6.45, 7) is 7.48. The Morgan fingerprint density at radius 3 is 2.58 bits per heavy atom. The molecule has 2 heterocycles. The number of Topliss-reactive ketones (excluding diaryl/α,β-unsaturated/α-hetero) is 1. The van der Waals surface area contributed by atoms with E-state index in [0.717, 1.165) is 32.4 Å². The summed E-state index contributed by atoms with van der Waals surface area (Å²) in [5.74, 6) is 0.269. The molecule has 0 amide bonds. The van der Waals surface area contributed by atoms with Crippen molar-refractivity contribution in [1.29, 1.82) is 0 Å². The molecule has 2 saturated heterocycles. The highest BCUT2D eigenvalue weighted by molar-refractivity contribution is 7.52. The van der Waals surface area contributed by atoms with Crippen molar-refractivity contribution in [3.05, 3.63) is 30.3 Å². The number of hydrogen-bond donors (Lipinski definition) is 1. The largest absolute Gasteiger partial charge is 0.464 e. The Hall–Kier alpha value is -1.73. The van der Waals surface area contributed by atoms with Crippen molar-refractivity contribution in [2.75, 3.05) is 26.3 Å². The van der Waals surface area contributed by atoms with Gasteiger partial charge in [-0.2, -0.15) is 5.09 Å². The van der Waals surface area contributed by atoms with Crippen LogP contribution in [0.15, 0.2) is 30.3 Å². The van der Waals surface area contributed by atoms with E-state index in [1.165, 1.54) is 0 Å². The molecule has 1 aromatic carbocycles.